The van der Waals surface area contributed by atoms with Crippen LogP contribution < -0.4 is 5.32 Å². The minimum Gasteiger partial charge on any atom is -0.481 e. The van der Waals surface area contributed by atoms with Crippen molar-refractivity contribution in [2.75, 3.05) is 0 Å². The molecule has 1 amide bonds. The van der Waals surface area contributed by atoms with Gasteiger partial charge >= 0.3 is 12.1 Å². The Labute approximate surface area is 136 Å². The molecule has 1 atom stereocenters. The second kappa shape index (κ2) is 7.13. The highest BCUT2D eigenvalue weighted by Crippen LogP contribution is 2.27. The quantitative estimate of drug-likeness (QED) is 0.825. The molecule has 2 N–H and O–H groups in total. The molecule has 0 heterocycles. The first-order chi connectivity index (χ1) is 9.58. The second-order valence-corrected chi connectivity index (χ2v) is 6.73. The summed E-state index contributed by atoms with van der Waals surface area (Å²) in [4.78, 5) is 22.8. The van der Waals surface area contributed by atoms with Crippen LogP contribution in [0.1, 0.15) is 38.8 Å². The van der Waals surface area contributed by atoms with Crippen LogP contribution in [0.25, 0.3) is 0 Å². The molecule has 0 aliphatic rings. The van der Waals surface area contributed by atoms with Gasteiger partial charge in [-0.05, 0) is 54.4 Å². The largest absolute Gasteiger partial charge is 0.481 e. The number of ether oxygens (including phenoxy) is 1. The fourth-order valence-electron chi connectivity index (χ4n) is 1.61. The second-order valence-electron chi connectivity index (χ2n) is 5.47. The Hall–Kier alpha value is -1.27. The SMILES string of the molecule is CC(C)(C)OC(=O)NC(CC(=O)O)c1ccc(Cl)c(Br)c1. The van der Waals surface area contributed by atoms with Crippen molar-refractivity contribution in [1.82, 2.24) is 5.32 Å². The summed E-state index contributed by atoms with van der Waals surface area (Å²) in [6.07, 6.45) is -0.923. The summed E-state index contributed by atoms with van der Waals surface area (Å²) in [6, 6.07) is 4.27. The Morgan fingerprint density at radius 1 is 1.43 bits per heavy atom. The Balaban J connectivity index is 2.92. The lowest BCUT2D eigenvalue weighted by Gasteiger charge is -2.23. The van der Waals surface area contributed by atoms with Crippen LogP contribution in [-0.2, 0) is 9.53 Å². The van der Waals surface area contributed by atoms with Gasteiger partial charge in [-0.1, -0.05) is 17.7 Å². The standard InChI is InChI=1S/C14H17BrClNO4/c1-14(2,3)21-13(20)17-11(7-12(18)19)8-4-5-10(16)9(15)6-8/h4-6,11H,7H2,1-3H3,(H,17,20)(H,18,19). The van der Waals surface area contributed by atoms with E-state index in [-0.39, 0.29) is 6.42 Å². The van der Waals surface area contributed by atoms with Gasteiger partial charge in [0.05, 0.1) is 17.5 Å². The first kappa shape index (κ1) is 17.8. The van der Waals surface area contributed by atoms with Crippen LogP contribution >= 0.6 is 27.5 Å². The molecule has 0 bridgehead atoms. The van der Waals surface area contributed by atoms with Gasteiger partial charge in [0.1, 0.15) is 5.60 Å². The third-order valence-electron chi connectivity index (χ3n) is 2.42. The third kappa shape index (κ3) is 6.35. The number of amides is 1. The van der Waals surface area contributed by atoms with E-state index in [9.17, 15) is 9.59 Å². The van der Waals surface area contributed by atoms with E-state index >= 15 is 0 Å². The number of aliphatic carboxylic acids is 1. The summed E-state index contributed by atoms with van der Waals surface area (Å²) in [6.45, 7) is 5.20. The Bertz CT molecular complexity index is 542. The zero-order valence-corrected chi connectivity index (χ0v) is 14.3. The zero-order chi connectivity index (χ0) is 16.2. The summed E-state index contributed by atoms with van der Waals surface area (Å²) < 4.78 is 5.77. The molecule has 7 heteroatoms. The molecule has 116 valence electrons. The fourth-order valence-corrected chi connectivity index (χ4v) is 2.12. The molecule has 1 aromatic rings. The van der Waals surface area contributed by atoms with Gasteiger partial charge < -0.3 is 15.2 Å². The maximum atomic E-state index is 11.8. The average molecular weight is 379 g/mol. The van der Waals surface area contributed by atoms with Crippen LogP contribution in [0.4, 0.5) is 4.79 Å². The van der Waals surface area contributed by atoms with Crippen LogP contribution in [0.5, 0.6) is 0 Å². The van der Waals surface area contributed by atoms with Crippen LogP contribution in [0.3, 0.4) is 0 Å². The summed E-state index contributed by atoms with van der Waals surface area (Å²) in [5, 5.41) is 12.1. The highest BCUT2D eigenvalue weighted by molar-refractivity contribution is 9.10. The number of halogens is 2. The number of hydrogen-bond donors (Lipinski definition) is 2. The summed E-state index contributed by atoms with van der Waals surface area (Å²) in [7, 11) is 0. The van der Waals surface area contributed by atoms with Crippen molar-refractivity contribution in [2.24, 2.45) is 0 Å². The maximum absolute atomic E-state index is 11.8. The van der Waals surface area contributed by atoms with Crippen LogP contribution in [0, 0.1) is 0 Å². The van der Waals surface area contributed by atoms with Crippen molar-refractivity contribution < 1.29 is 19.4 Å². The number of nitrogens with one attached hydrogen (secondary N) is 1. The van der Waals surface area contributed by atoms with Gasteiger partial charge in [-0.3, -0.25) is 4.79 Å². The topological polar surface area (TPSA) is 75.6 Å². The summed E-state index contributed by atoms with van der Waals surface area (Å²) >= 11 is 9.18. The number of carboxylic acid groups (broad SMARTS) is 1. The number of carbonyl (C=O) groups is 2. The number of carbonyl (C=O) groups excluding carboxylic acids is 1. The lowest BCUT2D eigenvalue weighted by molar-refractivity contribution is -0.137. The maximum Gasteiger partial charge on any atom is 0.408 e. The van der Waals surface area contributed by atoms with Gasteiger partial charge in [0.25, 0.3) is 0 Å². The minimum absolute atomic E-state index is 0.257. The zero-order valence-electron chi connectivity index (χ0n) is 11.9. The smallest absolute Gasteiger partial charge is 0.408 e. The predicted octanol–water partition coefficient (Wildman–Crippen LogP) is 4.14. The Morgan fingerprint density at radius 2 is 2.05 bits per heavy atom. The highest BCUT2D eigenvalue weighted by atomic mass is 79.9. The van der Waals surface area contributed by atoms with Gasteiger partial charge in [-0.2, -0.15) is 0 Å². The van der Waals surface area contributed by atoms with E-state index in [1.807, 2.05) is 0 Å². The molecule has 1 aromatic carbocycles. The normalized spacial score (nSPS) is 12.6. The molecule has 0 aliphatic heterocycles. The van der Waals surface area contributed by atoms with E-state index in [4.69, 9.17) is 21.4 Å². The number of alkyl carbamates (subject to hydrolysis) is 1. The monoisotopic (exact) mass is 377 g/mol. The van der Waals surface area contributed by atoms with Gasteiger partial charge in [0.2, 0.25) is 0 Å². The lowest BCUT2D eigenvalue weighted by atomic mass is 10.0. The first-order valence-corrected chi connectivity index (χ1v) is 7.42. The molecular weight excluding hydrogens is 362 g/mol. The van der Waals surface area contributed by atoms with E-state index in [1.54, 1.807) is 39.0 Å². The summed E-state index contributed by atoms with van der Waals surface area (Å²) in [5.41, 5.74) is -0.0298. The number of rotatable bonds is 4. The van der Waals surface area contributed by atoms with Crippen LogP contribution in [0.15, 0.2) is 22.7 Å². The predicted molar refractivity (Wildman–Crippen MR) is 83.5 cm³/mol. The van der Waals surface area contributed by atoms with E-state index in [0.717, 1.165) is 0 Å². The molecule has 1 unspecified atom stereocenters. The van der Waals surface area contributed by atoms with Crippen LogP contribution in [-0.4, -0.2) is 22.8 Å². The Kier molecular flexibility index (Phi) is 6.04. The molecule has 5 nitrogen and oxygen atoms in total. The minimum atomic E-state index is -1.03. The van der Waals surface area contributed by atoms with Gasteiger partial charge in [-0.15, -0.1) is 0 Å². The lowest BCUT2D eigenvalue weighted by Crippen LogP contribution is -2.35. The van der Waals surface area contributed by atoms with Crippen molar-refractivity contribution >= 4 is 39.6 Å². The van der Waals surface area contributed by atoms with Gasteiger partial charge in [0, 0.05) is 4.47 Å². The van der Waals surface area contributed by atoms with Crippen molar-refractivity contribution in [1.29, 1.82) is 0 Å². The molecule has 0 spiro atoms. The van der Waals surface area contributed by atoms with E-state index < -0.39 is 23.7 Å². The van der Waals surface area contributed by atoms with Crippen LogP contribution in [0.2, 0.25) is 5.02 Å². The molecule has 0 saturated heterocycles. The van der Waals surface area contributed by atoms with E-state index in [1.165, 1.54) is 0 Å². The average Bonchev–Trinajstić information content (AvgIpc) is 2.28. The van der Waals surface area contributed by atoms with Crippen molar-refractivity contribution in [3.8, 4) is 0 Å². The van der Waals surface area contributed by atoms with E-state index in [2.05, 4.69) is 21.2 Å². The fraction of sp³-hybridized carbons (Fsp3) is 0.429. The summed E-state index contributed by atoms with van der Waals surface area (Å²) in [5.74, 6) is -1.03. The molecule has 0 radical (unpaired) electrons. The number of hydrogen-bond acceptors (Lipinski definition) is 3. The van der Waals surface area contributed by atoms with Gasteiger partial charge in [-0.25, -0.2) is 4.79 Å². The molecule has 1 rings (SSSR count). The molecular formula is C14H17BrClNO4. The number of carboxylic acids is 1. The highest BCUT2D eigenvalue weighted by Gasteiger charge is 2.22. The first-order valence-electron chi connectivity index (χ1n) is 6.25. The third-order valence-corrected chi connectivity index (χ3v) is 3.63. The van der Waals surface area contributed by atoms with Crippen molar-refractivity contribution in [2.45, 2.75) is 38.8 Å². The van der Waals surface area contributed by atoms with Crippen molar-refractivity contribution in [3.63, 3.8) is 0 Å². The van der Waals surface area contributed by atoms with Crippen molar-refractivity contribution in [3.05, 3.63) is 33.3 Å². The Morgan fingerprint density at radius 3 is 2.52 bits per heavy atom. The molecule has 0 aromatic heterocycles. The molecule has 0 fully saturated rings. The molecule has 0 aliphatic carbocycles. The molecule has 0 saturated carbocycles. The number of benzene rings is 1. The molecule has 21 heavy (non-hydrogen) atoms. The van der Waals surface area contributed by atoms with E-state index in [0.29, 0.717) is 15.1 Å². The van der Waals surface area contributed by atoms with Gasteiger partial charge in [0.15, 0.2) is 0 Å².